The first-order valence-corrected chi connectivity index (χ1v) is 7.50. The maximum Gasteiger partial charge on any atom is 0.0701 e. The van der Waals surface area contributed by atoms with E-state index in [1.165, 1.54) is 8.66 Å². The zero-order valence-electron chi connectivity index (χ0n) is 10.3. The zero-order valence-corrected chi connectivity index (χ0v) is 12.7. The standard InChI is InChI=1S/C12H19BrN2OS/c1-15(2)10(11-3-4-12(13)17-11)7-9-8-16-6-5-14-9/h3-4,9-10,14H,5-8H2,1-2H3. The lowest BCUT2D eigenvalue weighted by molar-refractivity contribution is 0.0651. The lowest BCUT2D eigenvalue weighted by Crippen LogP contribution is -2.43. The normalized spacial score (nSPS) is 22.9. The molecule has 1 aromatic rings. The molecule has 2 rings (SSSR count). The van der Waals surface area contributed by atoms with Gasteiger partial charge in [-0.25, -0.2) is 0 Å². The highest BCUT2D eigenvalue weighted by molar-refractivity contribution is 9.11. The van der Waals surface area contributed by atoms with Crippen molar-refractivity contribution in [3.05, 3.63) is 20.8 Å². The predicted molar refractivity (Wildman–Crippen MR) is 75.7 cm³/mol. The third kappa shape index (κ3) is 3.76. The first-order valence-electron chi connectivity index (χ1n) is 5.89. The van der Waals surface area contributed by atoms with Gasteiger partial charge >= 0.3 is 0 Å². The Morgan fingerprint density at radius 3 is 2.94 bits per heavy atom. The third-order valence-electron chi connectivity index (χ3n) is 3.05. The molecule has 1 fully saturated rings. The first-order chi connectivity index (χ1) is 8.16. The van der Waals surface area contributed by atoms with E-state index >= 15 is 0 Å². The van der Waals surface area contributed by atoms with Crippen molar-refractivity contribution in [2.24, 2.45) is 0 Å². The topological polar surface area (TPSA) is 24.5 Å². The van der Waals surface area contributed by atoms with E-state index in [2.05, 4.69) is 52.4 Å². The van der Waals surface area contributed by atoms with Crippen molar-refractivity contribution in [3.8, 4) is 0 Å². The molecule has 1 aliphatic heterocycles. The minimum absolute atomic E-state index is 0.463. The van der Waals surface area contributed by atoms with Crippen molar-refractivity contribution in [2.75, 3.05) is 33.9 Å². The second-order valence-corrected chi connectivity index (χ2v) is 7.08. The third-order valence-corrected chi connectivity index (χ3v) is 4.78. The maximum atomic E-state index is 5.52. The van der Waals surface area contributed by atoms with Crippen LogP contribution in [0.3, 0.4) is 0 Å². The molecule has 0 saturated carbocycles. The number of hydrogen-bond donors (Lipinski definition) is 1. The van der Waals surface area contributed by atoms with E-state index in [1.807, 2.05) is 11.3 Å². The molecule has 2 atom stereocenters. The van der Waals surface area contributed by atoms with Crippen molar-refractivity contribution in [2.45, 2.75) is 18.5 Å². The first kappa shape index (κ1) is 13.5. The maximum absolute atomic E-state index is 5.52. The van der Waals surface area contributed by atoms with Gasteiger partial charge in [0.25, 0.3) is 0 Å². The fraction of sp³-hybridized carbons (Fsp3) is 0.667. The van der Waals surface area contributed by atoms with Gasteiger partial charge in [-0.05, 0) is 48.6 Å². The molecule has 17 heavy (non-hydrogen) atoms. The Bertz CT molecular complexity index is 350. The Morgan fingerprint density at radius 1 is 1.59 bits per heavy atom. The van der Waals surface area contributed by atoms with Crippen molar-refractivity contribution in [1.29, 1.82) is 0 Å². The summed E-state index contributed by atoms with van der Waals surface area (Å²) in [6.45, 7) is 2.64. The molecule has 0 aromatic carbocycles. The number of morpholine rings is 1. The van der Waals surface area contributed by atoms with Crippen molar-refractivity contribution in [1.82, 2.24) is 10.2 Å². The molecule has 0 aliphatic carbocycles. The van der Waals surface area contributed by atoms with E-state index in [0.717, 1.165) is 26.2 Å². The fourth-order valence-electron chi connectivity index (χ4n) is 2.13. The smallest absolute Gasteiger partial charge is 0.0701 e. The van der Waals surface area contributed by atoms with Gasteiger partial charge in [-0.3, -0.25) is 0 Å². The summed E-state index contributed by atoms with van der Waals surface area (Å²) in [6.07, 6.45) is 1.10. The Kier molecular flexibility index (Phi) is 4.99. The van der Waals surface area contributed by atoms with Crippen LogP contribution in [-0.4, -0.2) is 44.8 Å². The number of ether oxygens (including phenoxy) is 1. The van der Waals surface area contributed by atoms with Crippen LogP contribution >= 0.6 is 27.3 Å². The quantitative estimate of drug-likeness (QED) is 0.923. The molecule has 2 heterocycles. The summed E-state index contributed by atoms with van der Waals surface area (Å²) in [7, 11) is 4.28. The number of rotatable bonds is 4. The second-order valence-electron chi connectivity index (χ2n) is 4.58. The largest absolute Gasteiger partial charge is 0.379 e. The number of halogens is 1. The molecule has 0 radical (unpaired) electrons. The Morgan fingerprint density at radius 2 is 2.41 bits per heavy atom. The summed E-state index contributed by atoms with van der Waals surface area (Å²) in [4.78, 5) is 3.70. The average Bonchev–Trinajstić information content (AvgIpc) is 2.73. The molecule has 1 aromatic heterocycles. The highest BCUT2D eigenvalue weighted by Gasteiger charge is 2.22. The van der Waals surface area contributed by atoms with Crippen molar-refractivity contribution < 1.29 is 4.74 Å². The average molecular weight is 319 g/mol. The van der Waals surface area contributed by atoms with E-state index in [0.29, 0.717) is 12.1 Å². The van der Waals surface area contributed by atoms with Gasteiger partial charge in [-0.1, -0.05) is 0 Å². The summed E-state index contributed by atoms with van der Waals surface area (Å²) < 4.78 is 6.72. The van der Waals surface area contributed by atoms with Crippen LogP contribution in [0.5, 0.6) is 0 Å². The molecular formula is C12H19BrN2OS. The van der Waals surface area contributed by atoms with E-state index < -0.39 is 0 Å². The fourth-order valence-corrected chi connectivity index (χ4v) is 3.76. The zero-order chi connectivity index (χ0) is 12.3. The van der Waals surface area contributed by atoms with Crippen LogP contribution in [0.4, 0.5) is 0 Å². The Hall–Kier alpha value is 0.0600. The van der Waals surface area contributed by atoms with Gasteiger partial charge in [0.1, 0.15) is 0 Å². The van der Waals surface area contributed by atoms with Gasteiger partial charge < -0.3 is 15.0 Å². The van der Waals surface area contributed by atoms with E-state index in [9.17, 15) is 0 Å². The van der Waals surface area contributed by atoms with Crippen LogP contribution in [-0.2, 0) is 4.74 Å². The minimum Gasteiger partial charge on any atom is -0.379 e. The van der Waals surface area contributed by atoms with Crippen LogP contribution in [0.1, 0.15) is 17.3 Å². The van der Waals surface area contributed by atoms with Gasteiger partial charge in [0.15, 0.2) is 0 Å². The SMILES string of the molecule is CN(C)C(CC1COCCN1)c1ccc(Br)s1. The van der Waals surface area contributed by atoms with Crippen molar-refractivity contribution >= 4 is 27.3 Å². The summed E-state index contributed by atoms with van der Waals surface area (Å²) in [5.74, 6) is 0. The van der Waals surface area contributed by atoms with Crippen LogP contribution in [0.25, 0.3) is 0 Å². The minimum atomic E-state index is 0.463. The van der Waals surface area contributed by atoms with Crippen LogP contribution in [0.2, 0.25) is 0 Å². The molecule has 1 saturated heterocycles. The lowest BCUT2D eigenvalue weighted by atomic mass is 10.0. The van der Waals surface area contributed by atoms with Gasteiger partial charge in [-0.2, -0.15) is 0 Å². The molecule has 0 bridgehead atoms. The van der Waals surface area contributed by atoms with Gasteiger partial charge in [0.2, 0.25) is 0 Å². The molecule has 5 heteroatoms. The molecular weight excluding hydrogens is 300 g/mol. The predicted octanol–water partition coefficient (Wildman–Crippen LogP) is 2.49. The van der Waals surface area contributed by atoms with Gasteiger partial charge in [-0.15, -0.1) is 11.3 Å². The van der Waals surface area contributed by atoms with Gasteiger partial charge in [0.05, 0.1) is 17.0 Å². The summed E-state index contributed by atoms with van der Waals surface area (Å²) in [6, 6.07) is 5.27. The molecule has 3 nitrogen and oxygen atoms in total. The highest BCUT2D eigenvalue weighted by atomic mass is 79.9. The highest BCUT2D eigenvalue weighted by Crippen LogP contribution is 2.32. The van der Waals surface area contributed by atoms with Crippen LogP contribution in [0.15, 0.2) is 15.9 Å². The summed E-state index contributed by atoms with van der Waals surface area (Å²) >= 11 is 5.35. The van der Waals surface area contributed by atoms with E-state index in [1.54, 1.807) is 0 Å². The summed E-state index contributed by atoms with van der Waals surface area (Å²) in [5, 5.41) is 3.52. The number of thiophene rings is 1. The molecule has 2 unspecified atom stereocenters. The lowest BCUT2D eigenvalue weighted by Gasteiger charge is -2.30. The molecule has 0 spiro atoms. The molecule has 1 aliphatic rings. The monoisotopic (exact) mass is 318 g/mol. The Labute approximate surface area is 115 Å². The number of hydrogen-bond acceptors (Lipinski definition) is 4. The van der Waals surface area contributed by atoms with E-state index in [-0.39, 0.29) is 0 Å². The van der Waals surface area contributed by atoms with E-state index in [4.69, 9.17) is 4.74 Å². The molecule has 0 amide bonds. The molecule has 96 valence electrons. The van der Waals surface area contributed by atoms with Gasteiger partial charge in [0, 0.05) is 23.5 Å². The van der Waals surface area contributed by atoms with Crippen molar-refractivity contribution in [3.63, 3.8) is 0 Å². The molecule has 1 N–H and O–H groups in total. The number of nitrogens with zero attached hydrogens (tertiary/aromatic N) is 1. The van der Waals surface area contributed by atoms with Crippen LogP contribution in [0, 0.1) is 0 Å². The van der Waals surface area contributed by atoms with Crippen LogP contribution < -0.4 is 5.32 Å². The number of nitrogens with one attached hydrogen (secondary N) is 1. The second kappa shape index (κ2) is 6.29. The Balaban J connectivity index is 2.01. The summed E-state index contributed by atoms with van der Waals surface area (Å²) in [5.41, 5.74) is 0.